The molecule has 186 valence electrons. The Balaban J connectivity index is 1.26. The van der Waals surface area contributed by atoms with Gasteiger partial charge in [0.2, 0.25) is 5.17 Å². The third-order valence-electron chi connectivity index (χ3n) is 5.63. The number of amides is 1. The van der Waals surface area contributed by atoms with Gasteiger partial charge in [-0.3, -0.25) is 15.2 Å². The van der Waals surface area contributed by atoms with E-state index >= 15 is 0 Å². The highest BCUT2D eigenvalue weighted by Crippen LogP contribution is 2.32. The van der Waals surface area contributed by atoms with Crippen LogP contribution in [0.15, 0.2) is 76.6 Å². The van der Waals surface area contributed by atoms with Crippen molar-refractivity contribution in [2.75, 3.05) is 13.2 Å². The van der Waals surface area contributed by atoms with Gasteiger partial charge in [-0.1, -0.05) is 35.9 Å². The predicted octanol–water partition coefficient (Wildman–Crippen LogP) is 5.48. The summed E-state index contributed by atoms with van der Waals surface area (Å²) in [7, 11) is 0. The summed E-state index contributed by atoms with van der Waals surface area (Å²) < 4.78 is 11.7. The number of pyridine rings is 1. The minimum atomic E-state index is -0.508. The van der Waals surface area contributed by atoms with E-state index in [1.807, 2.05) is 38.1 Å². The lowest BCUT2D eigenvalue weighted by Gasteiger charge is -2.20. The van der Waals surface area contributed by atoms with Crippen LogP contribution in [0.5, 0.6) is 11.5 Å². The fourth-order valence-corrected chi connectivity index (χ4v) is 4.94. The number of para-hydroxylation sites is 1. The van der Waals surface area contributed by atoms with Crippen LogP contribution in [0.4, 0.5) is 0 Å². The summed E-state index contributed by atoms with van der Waals surface area (Å²) in [6, 6.07) is 14.8. The van der Waals surface area contributed by atoms with Crippen molar-refractivity contribution in [1.29, 1.82) is 5.41 Å². The zero-order chi connectivity index (χ0) is 25.9. The zero-order valence-electron chi connectivity index (χ0n) is 20.1. The molecule has 37 heavy (non-hydrogen) atoms. The molecule has 3 aromatic rings. The Morgan fingerprint density at radius 1 is 1.08 bits per heavy atom. The molecule has 5 rings (SSSR count). The molecule has 0 fully saturated rings. The molecule has 0 unspecified atom stereocenters. The fourth-order valence-electron chi connectivity index (χ4n) is 3.81. The number of amidine groups is 2. The minimum Gasteiger partial charge on any atom is -0.489 e. The molecule has 0 aliphatic carbocycles. The van der Waals surface area contributed by atoms with Crippen LogP contribution in [0.25, 0.3) is 6.08 Å². The molecule has 2 aliphatic heterocycles. The first-order valence-corrected chi connectivity index (χ1v) is 12.6. The van der Waals surface area contributed by atoms with Crippen LogP contribution in [0.1, 0.15) is 22.3 Å². The van der Waals surface area contributed by atoms with Gasteiger partial charge in [0.05, 0.1) is 10.6 Å². The Labute approximate surface area is 223 Å². The number of carbonyl (C=O) groups excluding carboxylic acids is 1. The lowest BCUT2D eigenvalue weighted by atomic mass is 10.1. The zero-order valence-corrected chi connectivity index (χ0v) is 21.6. The third-order valence-corrected chi connectivity index (χ3v) is 6.88. The molecule has 0 radical (unpaired) electrons. The number of aliphatic imine (C=N–C) groups is 1. The van der Waals surface area contributed by atoms with Gasteiger partial charge in [-0.2, -0.15) is 15.1 Å². The molecule has 10 heteroatoms. The first-order chi connectivity index (χ1) is 17.9. The number of hydrogen-bond acceptors (Lipinski definition) is 7. The van der Waals surface area contributed by atoms with Gasteiger partial charge in [0.15, 0.2) is 5.84 Å². The van der Waals surface area contributed by atoms with E-state index in [4.69, 9.17) is 26.5 Å². The first kappa shape index (κ1) is 24.7. The summed E-state index contributed by atoms with van der Waals surface area (Å²) in [5.74, 6) is 0.798. The van der Waals surface area contributed by atoms with E-state index in [-0.39, 0.29) is 11.4 Å². The van der Waals surface area contributed by atoms with Crippen molar-refractivity contribution >= 4 is 51.4 Å². The number of ether oxygens (including phenoxy) is 2. The van der Waals surface area contributed by atoms with Gasteiger partial charge in [0.25, 0.3) is 5.91 Å². The molecule has 0 saturated carbocycles. The average Bonchev–Trinajstić information content (AvgIpc) is 3.31. The lowest BCUT2D eigenvalue weighted by Crippen LogP contribution is -2.35. The van der Waals surface area contributed by atoms with Crippen molar-refractivity contribution < 1.29 is 14.3 Å². The van der Waals surface area contributed by atoms with Crippen molar-refractivity contribution in [2.45, 2.75) is 13.8 Å². The van der Waals surface area contributed by atoms with Gasteiger partial charge in [-0.25, -0.2) is 0 Å². The summed E-state index contributed by atoms with van der Waals surface area (Å²) in [5.41, 5.74) is 3.69. The van der Waals surface area contributed by atoms with Crippen LogP contribution >= 0.6 is 23.4 Å². The van der Waals surface area contributed by atoms with Crippen LogP contribution in [-0.4, -0.2) is 45.2 Å². The quantitative estimate of drug-likeness (QED) is 0.320. The number of nitrogens with zero attached hydrogens (tertiary/aromatic N) is 4. The number of hydrazone groups is 1. The van der Waals surface area contributed by atoms with E-state index in [2.05, 4.69) is 15.1 Å². The van der Waals surface area contributed by atoms with Crippen LogP contribution in [0, 0.1) is 19.3 Å². The van der Waals surface area contributed by atoms with Gasteiger partial charge in [-0.15, -0.1) is 0 Å². The summed E-state index contributed by atoms with van der Waals surface area (Å²) in [6.45, 7) is 4.70. The Kier molecular flexibility index (Phi) is 7.07. The number of carbonyl (C=O) groups is 1. The molecule has 2 aromatic carbocycles. The number of thioether (sulfide) groups is 1. The molecule has 0 atom stereocenters. The van der Waals surface area contributed by atoms with Crippen LogP contribution < -0.4 is 9.47 Å². The fraction of sp³-hybridized carbons (Fsp3) is 0.148. The maximum absolute atomic E-state index is 12.7. The highest BCUT2D eigenvalue weighted by molar-refractivity contribution is 8.27. The number of hydrogen-bond donors (Lipinski definition) is 1. The highest BCUT2D eigenvalue weighted by Gasteiger charge is 2.36. The Morgan fingerprint density at radius 2 is 1.86 bits per heavy atom. The molecular formula is C27H22ClN5O3S. The SMILES string of the molecule is Cc1cccc(C)c1OCCOc1ccc(/C=C2/C(=N)N3N=C(c4cccnc4)SC3=NC2=O)cc1Cl. The van der Waals surface area contributed by atoms with Gasteiger partial charge in [0, 0.05) is 18.0 Å². The summed E-state index contributed by atoms with van der Waals surface area (Å²) in [6.07, 6.45) is 4.92. The topological polar surface area (TPSA) is 100 Å². The second-order valence-electron chi connectivity index (χ2n) is 8.27. The molecule has 0 saturated heterocycles. The van der Waals surface area contributed by atoms with Crippen LogP contribution in [-0.2, 0) is 4.79 Å². The molecule has 2 aliphatic rings. The standard InChI is InChI=1S/C27H22ClN5O3S/c1-16-5-3-6-17(2)23(16)36-12-11-35-22-9-8-18(14-21(22)28)13-20-24(29)33-27(31-25(20)34)37-26(32-33)19-7-4-10-30-15-19/h3-10,13-15,29H,11-12H2,1-2H3/b20-13-,29-24?. The van der Waals surface area contributed by atoms with Gasteiger partial charge < -0.3 is 9.47 Å². The normalized spacial score (nSPS) is 16.0. The van der Waals surface area contributed by atoms with E-state index in [9.17, 15) is 4.79 Å². The van der Waals surface area contributed by atoms with Gasteiger partial charge in [0.1, 0.15) is 29.8 Å². The van der Waals surface area contributed by atoms with Gasteiger partial charge >= 0.3 is 0 Å². The average molecular weight is 532 g/mol. The summed E-state index contributed by atoms with van der Waals surface area (Å²) >= 11 is 7.67. The van der Waals surface area contributed by atoms with Crippen molar-refractivity contribution in [3.63, 3.8) is 0 Å². The van der Waals surface area contributed by atoms with Crippen molar-refractivity contribution in [2.24, 2.45) is 10.1 Å². The molecule has 1 aromatic heterocycles. The molecule has 0 bridgehead atoms. The number of nitrogens with one attached hydrogen (secondary N) is 1. The second-order valence-corrected chi connectivity index (χ2v) is 9.64. The maximum atomic E-state index is 12.7. The largest absolute Gasteiger partial charge is 0.489 e. The van der Waals surface area contributed by atoms with E-state index in [1.54, 1.807) is 42.7 Å². The van der Waals surface area contributed by atoms with Crippen LogP contribution in [0.2, 0.25) is 5.02 Å². The molecular weight excluding hydrogens is 510 g/mol. The highest BCUT2D eigenvalue weighted by atomic mass is 35.5. The molecule has 1 amide bonds. The number of aromatic nitrogens is 1. The number of rotatable bonds is 7. The number of halogens is 1. The van der Waals surface area contributed by atoms with Gasteiger partial charge in [-0.05, 0) is 72.6 Å². The number of fused-ring (bicyclic) bond motifs is 1. The minimum absolute atomic E-state index is 0.0542. The van der Waals surface area contributed by atoms with Crippen LogP contribution in [0.3, 0.4) is 0 Å². The Bertz CT molecular complexity index is 1470. The molecule has 3 heterocycles. The smallest absolute Gasteiger partial charge is 0.283 e. The number of benzene rings is 2. The summed E-state index contributed by atoms with van der Waals surface area (Å²) in [4.78, 5) is 20.9. The van der Waals surface area contributed by atoms with Crippen molar-refractivity contribution in [3.05, 3.63) is 93.8 Å². The molecule has 8 nitrogen and oxygen atoms in total. The third kappa shape index (κ3) is 5.28. The molecule has 0 spiro atoms. The van der Waals surface area contributed by atoms with E-state index in [0.29, 0.717) is 39.8 Å². The maximum Gasteiger partial charge on any atom is 0.283 e. The van der Waals surface area contributed by atoms with E-state index in [0.717, 1.165) is 22.4 Å². The van der Waals surface area contributed by atoms with E-state index in [1.165, 1.54) is 16.8 Å². The van der Waals surface area contributed by atoms with Crippen molar-refractivity contribution in [1.82, 2.24) is 9.99 Å². The second kappa shape index (κ2) is 10.6. The summed E-state index contributed by atoms with van der Waals surface area (Å²) in [5, 5.41) is 15.7. The first-order valence-electron chi connectivity index (χ1n) is 11.4. The lowest BCUT2D eigenvalue weighted by molar-refractivity contribution is -0.114. The van der Waals surface area contributed by atoms with E-state index < -0.39 is 5.91 Å². The Hall–Kier alpha value is -3.95. The van der Waals surface area contributed by atoms with Crippen molar-refractivity contribution in [3.8, 4) is 11.5 Å². The predicted molar refractivity (Wildman–Crippen MR) is 147 cm³/mol. The number of aryl methyl sites for hydroxylation is 2. The molecule has 1 N–H and O–H groups in total. The monoisotopic (exact) mass is 531 g/mol. The Morgan fingerprint density at radius 3 is 2.59 bits per heavy atom.